The highest BCUT2D eigenvalue weighted by Crippen LogP contribution is 2.10. The highest BCUT2D eigenvalue weighted by Gasteiger charge is 2.07. The number of hydrogen-bond donors (Lipinski definition) is 2. The van der Waals surface area contributed by atoms with Crippen LogP contribution >= 0.6 is 0 Å². The van der Waals surface area contributed by atoms with Crippen molar-refractivity contribution < 1.29 is 4.79 Å². The van der Waals surface area contributed by atoms with Crippen molar-refractivity contribution in [3.8, 4) is 0 Å². The van der Waals surface area contributed by atoms with Crippen LogP contribution in [0.25, 0.3) is 0 Å². The molecule has 0 spiro atoms. The third kappa shape index (κ3) is 3.36. The Morgan fingerprint density at radius 3 is 2.13 bits per heavy atom. The van der Waals surface area contributed by atoms with E-state index in [4.69, 9.17) is 5.73 Å². The molecule has 0 heterocycles. The minimum absolute atomic E-state index is 0.00668. The highest BCUT2D eigenvalue weighted by atomic mass is 16.1. The maximum Gasteiger partial charge on any atom is 0.251 e. The third-order valence-electron chi connectivity index (χ3n) is 2.12. The molecule has 1 amide bonds. The molecule has 0 unspecified atom stereocenters. The summed E-state index contributed by atoms with van der Waals surface area (Å²) in [5.41, 5.74) is 7.43. The van der Waals surface area contributed by atoms with Gasteiger partial charge in [0.25, 0.3) is 5.91 Å². The van der Waals surface area contributed by atoms with Crippen molar-refractivity contribution in [2.75, 3.05) is 0 Å². The fourth-order valence-corrected chi connectivity index (χ4v) is 1.28. The van der Waals surface area contributed by atoms with Gasteiger partial charge in [0.2, 0.25) is 0 Å². The van der Waals surface area contributed by atoms with E-state index in [1.807, 2.05) is 32.9 Å². The third-order valence-corrected chi connectivity index (χ3v) is 2.12. The SMILES string of the molecule is CC(C)NC(=O)c1ccc([C@H](C)N)cc1. The van der Waals surface area contributed by atoms with E-state index in [-0.39, 0.29) is 18.0 Å². The quantitative estimate of drug-likeness (QED) is 0.793. The predicted octanol–water partition coefficient (Wildman–Crippen LogP) is 1.84. The summed E-state index contributed by atoms with van der Waals surface area (Å²) in [7, 11) is 0. The van der Waals surface area contributed by atoms with Crippen LogP contribution in [-0.2, 0) is 0 Å². The molecule has 1 aromatic carbocycles. The molecule has 15 heavy (non-hydrogen) atoms. The minimum Gasteiger partial charge on any atom is -0.350 e. The molecule has 82 valence electrons. The molecule has 1 aromatic rings. The van der Waals surface area contributed by atoms with E-state index < -0.39 is 0 Å². The molecule has 0 bridgehead atoms. The fraction of sp³-hybridized carbons (Fsp3) is 0.417. The van der Waals surface area contributed by atoms with Gasteiger partial charge in [0, 0.05) is 17.6 Å². The Morgan fingerprint density at radius 1 is 1.20 bits per heavy atom. The number of nitrogens with one attached hydrogen (secondary N) is 1. The summed E-state index contributed by atoms with van der Waals surface area (Å²) < 4.78 is 0. The second kappa shape index (κ2) is 4.94. The Balaban J connectivity index is 2.75. The van der Waals surface area contributed by atoms with E-state index >= 15 is 0 Å². The van der Waals surface area contributed by atoms with E-state index in [9.17, 15) is 4.79 Å². The van der Waals surface area contributed by atoms with Gasteiger partial charge in [-0.1, -0.05) is 12.1 Å². The Morgan fingerprint density at radius 2 is 1.73 bits per heavy atom. The van der Waals surface area contributed by atoms with Crippen molar-refractivity contribution in [2.24, 2.45) is 5.73 Å². The first kappa shape index (κ1) is 11.7. The molecule has 0 aliphatic carbocycles. The first-order valence-corrected chi connectivity index (χ1v) is 5.17. The largest absolute Gasteiger partial charge is 0.350 e. The number of nitrogens with two attached hydrogens (primary N) is 1. The molecule has 0 radical (unpaired) electrons. The van der Waals surface area contributed by atoms with Crippen LogP contribution in [0.1, 0.15) is 42.7 Å². The van der Waals surface area contributed by atoms with Gasteiger partial charge in [-0.15, -0.1) is 0 Å². The Kier molecular flexibility index (Phi) is 3.86. The number of hydrogen-bond acceptors (Lipinski definition) is 2. The van der Waals surface area contributed by atoms with Crippen molar-refractivity contribution in [1.29, 1.82) is 0 Å². The van der Waals surface area contributed by atoms with Crippen molar-refractivity contribution in [3.63, 3.8) is 0 Å². The second-order valence-electron chi connectivity index (χ2n) is 4.04. The van der Waals surface area contributed by atoms with Crippen LogP contribution in [0.15, 0.2) is 24.3 Å². The van der Waals surface area contributed by atoms with Gasteiger partial charge in [0.1, 0.15) is 0 Å². The van der Waals surface area contributed by atoms with E-state index in [0.717, 1.165) is 5.56 Å². The van der Waals surface area contributed by atoms with Gasteiger partial charge in [0.15, 0.2) is 0 Å². The van der Waals surface area contributed by atoms with Crippen LogP contribution in [0.4, 0.5) is 0 Å². The zero-order valence-corrected chi connectivity index (χ0v) is 9.45. The summed E-state index contributed by atoms with van der Waals surface area (Å²) in [6, 6.07) is 7.55. The zero-order chi connectivity index (χ0) is 11.4. The minimum atomic E-state index is -0.0405. The van der Waals surface area contributed by atoms with Gasteiger partial charge in [-0.05, 0) is 38.5 Å². The van der Waals surface area contributed by atoms with Crippen molar-refractivity contribution in [1.82, 2.24) is 5.32 Å². The van der Waals surface area contributed by atoms with Gasteiger partial charge in [-0.25, -0.2) is 0 Å². The molecule has 3 heteroatoms. The number of benzene rings is 1. The van der Waals surface area contributed by atoms with Gasteiger partial charge in [0.05, 0.1) is 0 Å². The average Bonchev–Trinajstić information content (AvgIpc) is 2.17. The maximum atomic E-state index is 11.6. The fourth-order valence-electron chi connectivity index (χ4n) is 1.28. The lowest BCUT2D eigenvalue weighted by molar-refractivity contribution is 0.0943. The predicted molar refractivity (Wildman–Crippen MR) is 61.6 cm³/mol. The molecule has 1 rings (SSSR count). The molecule has 0 saturated heterocycles. The first-order chi connectivity index (χ1) is 7.00. The van der Waals surface area contributed by atoms with Gasteiger partial charge in [-0.2, -0.15) is 0 Å². The molecule has 1 atom stereocenters. The topological polar surface area (TPSA) is 55.1 Å². The summed E-state index contributed by atoms with van der Waals surface area (Å²) >= 11 is 0. The summed E-state index contributed by atoms with van der Waals surface area (Å²) in [6.07, 6.45) is 0. The smallest absolute Gasteiger partial charge is 0.251 e. The molecule has 0 aromatic heterocycles. The standard InChI is InChI=1S/C12H18N2O/c1-8(2)14-12(15)11-6-4-10(5-7-11)9(3)13/h4-9H,13H2,1-3H3,(H,14,15)/t9-/m0/s1. The van der Waals surface area contributed by atoms with E-state index in [1.54, 1.807) is 12.1 Å². The van der Waals surface area contributed by atoms with Crippen molar-refractivity contribution in [2.45, 2.75) is 32.9 Å². The van der Waals surface area contributed by atoms with Gasteiger partial charge < -0.3 is 11.1 Å². The van der Waals surface area contributed by atoms with Crippen LogP contribution in [0, 0.1) is 0 Å². The number of carbonyl (C=O) groups excluding carboxylic acids is 1. The van der Waals surface area contributed by atoms with E-state index in [0.29, 0.717) is 5.56 Å². The molecule has 3 nitrogen and oxygen atoms in total. The molecule has 0 aliphatic heterocycles. The van der Waals surface area contributed by atoms with Crippen LogP contribution < -0.4 is 11.1 Å². The van der Waals surface area contributed by atoms with Crippen LogP contribution in [0.3, 0.4) is 0 Å². The zero-order valence-electron chi connectivity index (χ0n) is 9.45. The number of carbonyl (C=O) groups is 1. The summed E-state index contributed by atoms with van der Waals surface area (Å²) in [5, 5.41) is 2.84. The number of amides is 1. The summed E-state index contributed by atoms with van der Waals surface area (Å²) in [4.78, 5) is 11.6. The highest BCUT2D eigenvalue weighted by molar-refractivity contribution is 5.94. The van der Waals surface area contributed by atoms with Crippen molar-refractivity contribution >= 4 is 5.91 Å². The van der Waals surface area contributed by atoms with E-state index in [1.165, 1.54) is 0 Å². The molecular weight excluding hydrogens is 188 g/mol. The average molecular weight is 206 g/mol. The van der Waals surface area contributed by atoms with Crippen LogP contribution in [0.5, 0.6) is 0 Å². The van der Waals surface area contributed by atoms with E-state index in [2.05, 4.69) is 5.32 Å². The summed E-state index contributed by atoms with van der Waals surface area (Å²) in [6.45, 7) is 5.80. The first-order valence-electron chi connectivity index (χ1n) is 5.17. The molecule has 3 N–H and O–H groups in total. The van der Waals surface area contributed by atoms with Gasteiger partial charge in [-0.3, -0.25) is 4.79 Å². The van der Waals surface area contributed by atoms with Crippen LogP contribution in [0.2, 0.25) is 0 Å². The molecular formula is C12H18N2O. The lowest BCUT2D eigenvalue weighted by Gasteiger charge is -2.09. The Labute approximate surface area is 90.7 Å². The normalized spacial score (nSPS) is 12.6. The molecule has 0 saturated carbocycles. The number of rotatable bonds is 3. The monoisotopic (exact) mass is 206 g/mol. The molecule has 0 aliphatic rings. The summed E-state index contributed by atoms with van der Waals surface area (Å²) in [5.74, 6) is -0.0405. The van der Waals surface area contributed by atoms with Crippen molar-refractivity contribution in [3.05, 3.63) is 35.4 Å². The Hall–Kier alpha value is -1.35. The lowest BCUT2D eigenvalue weighted by atomic mass is 10.1. The maximum absolute atomic E-state index is 11.6. The molecule has 0 fully saturated rings. The lowest BCUT2D eigenvalue weighted by Crippen LogP contribution is -2.30. The van der Waals surface area contributed by atoms with Gasteiger partial charge >= 0.3 is 0 Å². The Bertz CT molecular complexity index is 328. The van der Waals surface area contributed by atoms with Crippen LogP contribution in [-0.4, -0.2) is 11.9 Å². The second-order valence-corrected chi connectivity index (χ2v) is 4.04.